The van der Waals surface area contributed by atoms with Gasteiger partial charge in [-0.15, -0.1) is 0 Å². The number of halogens is 1. The van der Waals surface area contributed by atoms with Gasteiger partial charge in [0.25, 0.3) is 0 Å². The number of hydrogen-bond acceptors (Lipinski definition) is 2. The lowest BCUT2D eigenvalue weighted by Crippen LogP contribution is -2.22. The molecule has 1 N–H and O–H groups in total. The molecule has 1 fully saturated rings. The van der Waals surface area contributed by atoms with Crippen LogP contribution in [0.4, 0.5) is 5.69 Å². The highest BCUT2D eigenvalue weighted by Crippen LogP contribution is 2.33. The van der Waals surface area contributed by atoms with Gasteiger partial charge in [0.05, 0.1) is 10.7 Å². The lowest BCUT2D eigenvalue weighted by molar-refractivity contribution is 0.589. The smallest absolute Gasteiger partial charge is 0.0642 e. The number of benzene rings is 1. The highest BCUT2D eigenvalue weighted by atomic mass is 35.5. The Kier molecular flexibility index (Phi) is 4.52. The van der Waals surface area contributed by atoms with Crippen molar-refractivity contribution in [2.75, 3.05) is 18.5 Å². The molecule has 0 saturated heterocycles. The Morgan fingerprint density at radius 3 is 2.67 bits per heavy atom. The molecule has 2 rings (SSSR count). The lowest BCUT2D eigenvalue weighted by atomic mass is 10.2. The van der Waals surface area contributed by atoms with Crippen molar-refractivity contribution in [2.24, 2.45) is 5.92 Å². The lowest BCUT2D eigenvalue weighted by Gasteiger charge is -2.21. The summed E-state index contributed by atoms with van der Waals surface area (Å²) in [7, 11) is 2.13. The van der Waals surface area contributed by atoms with E-state index >= 15 is 0 Å². The second-order valence-electron chi connectivity index (χ2n) is 5.65. The molecule has 0 amide bonds. The van der Waals surface area contributed by atoms with Crippen LogP contribution in [0.3, 0.4) is 0 Å². The van der Waals surface area contributed by atoms with Gasteiger partial charge in [0.1, 0.15) is 0 Å². The van der Waals surface area contributed by atoms with Crippen molar-refractivity contribution in [1.29, 1.82) is 0 Å². The zero-order valence-corrected chi connectivity index (χ0v) is 12.3. The molecule has 2 nitrogen and oxygen atoms in total. The minimum absolute atomic E-state index is 0.501. The van der Waals surface area contributed by atoms with Crippen LogP contribution in [-0.2, 0) is 6.54 Å². The molecule has 100 valence electrons. The molecule has 0 unspecified atom stereocenters. The van der Waals surface area contributed by atoms with Crippen LogP contribution >= 0.6 is 11.6 Å². The fourth-order valence-corrected chi connectivity index (χ4v) is 2.43. The predicted octanol–water partition coefficient (Wildman–Crippen LogP) is 3.68. The zero-order valence-electron chi connectivity index (χ0n) is 11.5. The Hall–Kier alpha value is -0.730. The number of nitrogens with one attached hydrogen (secondary N) is 1. The largest absolute Gasteiger partial charge is 0.373 e. The van der Waals surface area contributed by atoms with Crippen LogP contribution in [0.1, 0.15) is 32.3 Å². The number of rotatable bonds is 6. The SMILES string of the molecule is CC(C)NCc1ccc(N(C)CC2CC2)c(Cl)c1. The van der Waals surface area contributed by atoms with Crippen LogP contribution in [0.15, 0.2) is 18.2 Å². The highest BCUT2D eigenvalue weighted by molar-refractivity contribution is 6.33. The number of hydrogen-bond donors (Lipinski definition) is 1. The standard InChI is InChI=1S/C15H23ClN2/c1-11(2)17-9-13-6-7-15(14(16)8-13)18(3)10-12-4-5-12/h6-8,11-12,17H,4-5,9-10H2,1-3H3. The van der Waals surface area contributed by atoms with E-state index in [1.54, 1.807) is 0 Å². The molecule has 1 aromatic carbocycles. The van der Waals surface area contributed by atoms with Gasteiger partial charge >= 0.3 is 0 Å². The van der Waals surface area contributed by atoms with Gasteiger partial charge in [-0.3, -0.25) is 0 Å². The van der Waals surface area contributed by atoms with E-state index in [1.807, 2.05) is 0 Å². The van der Waals surface area contributed by atoms with E-state index in [9.17, 15) is 0 Å². The van der Waals surface area contributed by atoms with Crippen LogP contribution in [0.5, 0.6) is 0 Å². The van der Waals surface area contributed by atoms with Crippen molar-refractivity contribution in [2.45, 2.75) is 39.3 Å². The molecular weight excluding hydrogens is 244 g/mol. The summed E-state index contributed by atoms with van der Waals surface area (Å²) in [6.07, 6.45) is 2.75. The molecule has 0 atom stereocenters. The van der Waals surface area contributed by atoms with Crippen molar-refractivity contribution in [3.05, 3.63) is 28.8 Å². The first kappa shape index (κ1) is 13.7. The molecule has 0 aliphatic heterocycles. The van der Waals surface area contributed by atoms with Gasteiger partial charge in [0, 0.05) is 26.2 Å². The zero-order chi connectivity index (χ0) is 13.1. The van der Waals surface area contributed by atoms with Crippen molar-refractivity contribution in [3.63, 3.8) is 0 Å². The van der Waals surface area contributed by atoms with Crippen LogP contribution in [0.2, 0.25) is 5.02 Å². The van der Waals surface area contributed by atoms with Crippen LogP contribution in [-0.4, -0.2) is 19.6 Å². The second kappa shape index (κ2) is 5.94. The molecule has 18 heavy (non-hydrogen) atoms. The van der Waals surface area contributed by atoms with Crippen LogP contribution in [0, 0.1) is 5.92 Å². The molecule has 1 aliphatic rings. The third-order valence-electron chi connectivity index (χ3n) is 3.37. The van der Waals surface area contributed by atoms with Crippen LogP contribution < -0.4 is 10.2 Å². The maximum Gasteiger partial charge on any atom is 0.0642 e. The Labute approximate surface area is 115 Å². The molecule has 3 heteroatoms. The normalized spacial score (nSPS) is 15.2. The summed E-state index contributed by atoms with van der Waals surface area (Å²) in [4.78, 5) is 2.28. The summed E-state index contributed by atoms with van der Waals surface area (Å²) in [6, 6.07) is 6.89. The van der Waals surface area contributed by atoms with Gasteiger partial charge in [-0.25, -0.2) is 0 Å². The van der Waals surface area contributed by atoms with Crippen molar-refractivity contribution >= 4 is 17.3 Å². The van der Waals surface area contributed by atoms with Gasteiger partial charge in [-0.1, -0.05) is 31.5 Å². The van der Waals surface area contributed by atoms with E-state index in [4.69, 9.17) is 11.6 Å². The van der Waals surface area contributed by atoms with E-state index in [-0.39, 0.29) is 0 Å². The third-order valence-corrected chi connectivity index (χ3v) is 3.67. The minimum atomic E-state index is 0.501. The van der Waals surface area contributed by atoms with Gasteiger partial charge in [-0.2, -0.15) is 0 Å². The van der Waals surface area contributed by atoms with E-state index in [2.05, 4.69) is 49.3 Å². The summed E-state index contributed by atoms with van der Waals surface area (Å²) in [5.41, 5.74) is 2.40. The van der Waals surface area contributed by atoms with E-state index in [0.29, 0.717) is 6.04 Å². The van der Waals surface area contributed by atoms with Gasteiger partial charge < -0.3 is 10.2 Å². The average molecular weight is 267 g/mol. The Bertz CT molecular complexity index is 399. The van der Waals surface area contributed by atoms with Crippen LogP contribution in [0.25, 0.3) is 0 Å². The summed E-state index contributed by atoms with van der Waals surface area (Å²) < 4.78 is 0. The molecule has 0 heterocycles. The quantitative estimate of drug-likeness (QED) is 0.845. The van der Waals surface area contributed by atoms with E-state index < -0.39 is 0 Å². The first-order valence-corrected chi connectivity index (χ1v) is 7.17. The Morgan fingerprint density at radius 1 is 1.39 bits per heavy atom. The van der Waals surface area contributed by atoms with Crippen molar-refractivity contribution in [1.82, 2.24) is 5.32 Å². The summed E-state index contributed by atoms with van der Waals surface area (Å²) >= 11 is 6.37. The summed E-state index contributed by atoms with van der Waals surface area (Å²) in [5.74, 6) is 0.883. The first-order chi connectivity index (χ1) is 8.56. The van der Waals surface area contributed by atoms with Crippen molar-refractivity contribution in [3.8, 4) is 0 Å². The Balaban J connectivity index is 1.99. The maximum atomic E-state index is 6.37. The van der Waals surface area contributed by atoms with Crippen molar-refractivity contribution < 1.29 is 0 Å². The average Bonchev–Trinajstić information content (AvgIpc) is 3.10. The molecule has 1 aliphatic carbocycles. The molecule has 1 saturated carbocycles. The second-order valence-corrected chi connectivity index (χ2v) is 6.05. The fourth-order valence-electron chi connectivity index (χ4n) is 2.08. The molecule has 0 bridgehead atoms. The van der Waals surface area contributed by atoms with Gasteiger partial charge in [0.15, 0.2) is 0 Å². The minimum Gasteiger partial charge on any atom is -0.373 e. The maximum absolute atomic E-state index is 6.37. The highest BCUT2D eigenvalue weighted by Gasteiger charge is 2.23. The van der Waals surface area contributed by atoms with Gasteiger partial charge in [-0.05, 0) is 36.5 Å². The molecule has 0 aromatic heterocycles. The summed E-state index contributed by atoms with van der Waals surface area (Å²) in [5, 5.41) is 4.27. The number of anilines is 1. The third kappa shape index (κ3) is 3.89. The topological polar surface area (TPSA) is 15.3 Å². The number of nitrogens with zero attached hydrogens (tertiary/aromatic N) is 1. The summed E-state index contributed by atoms with van der Waals surface area (Å²) in [6.45, 7) is 6.31. The molecule has 0 spiro atoms. The van der Waals surface area contributed by atoms with E-state index in [1.165, 1.54) is 18.4 Å². The molecular formula is C15H23ClN2. The monoisotopic (exact) mass is 266 g/mol. The Morgan fingerprint density at radius 2 is 2.11 bits per heavy atom. The first-order valence-electron chi connectivity index (χ1n) is 6.79. The fraction of sp³-hybridized carbons (Fsp3) is 0.600. The van der Waals surface area contributed by atoms with Gasteiger partial charge in [0.2, 0.25) is 0 Å². The molecule has 1 aromatic rings. The van der Waals surface area contributed by atoms with E-state index in [0.717, 1.165) is 29.7 Å². The molecule has 0 radical (unpaired) electrons. The predicted molar refractivity (Wildman–Crippen MR) is 79.4 cm³/mol.